The zero-order valence-corrected chi connectivity index (χ0v) is 16.7. The number of ether oxygens (including phenoxy) is 1. The molecule has 5 nitrogen and oxygen atoms in total. The highest BCUT2D eigenvalue weighted by Gasteiger charge is 2.22. The van der Waals surface area contributed by atoms with E-state index in [9.17, 15) is 0 Å². The molecular weight excluding hydrogens is 403 g/mol. The molecule has 1 aromatic rings. The van der Waals surface area contributed by atoms with Gasteiger partial charge in [0.15, 0.2) is 5.96 Å². The Balaban J connectivity index is 0.00000264. The molecule has 6 heteroatoms. The fraction of sp³-hybridized carbons (Fsp3) is 0.588. The molecule has 1 aromatic carbocycles. The Morgan fingerprint density at radius 3 is 2.83 bits per heavy atom. The molecular formula is C17H29IN4O. The number of rotatable bonds is 6. The number of halogens is 1. The molecule has 0 aromatic heterocycles. The predicted molar refractivity (Wildman–Crippen MR) is 107 cm³/mol. The van der Waals surface area contributed by atoms with Crippen molar-refractivity contribution in [3.8, 4) is 5.75 Å². The van der Waals surface area contributed by atoms with E-state index in [-0.39, 0.29) is 24.0 Å². The first kappa shape index (κ1) is 20.0. The summed E-state index contributed by atoms with van der Waals surface area (Å²) in [5, 5.41) is 6.80. The minimum absolute atomic E-state index is 0. The molecule has 2 N–H and O–H groups in total. The van der Waals surface area contributed by atoms with E-state index in [4.69, 9.17) is 4.74 Å². The van der Waals surface area contributed by atoms with Crippen LogP contribution in [0.4, 0.5) is 0 Å². The van der Waals surface area contributed by atoms with Gasteiger partial charge in [-0.15, -0.1) is 24.0 Å². The number of likely N-dealkylation sites (tertiary alicyclic amines) is 1. The monoisotopic (exact) mass is 432 g/mol. The molecule has 0 aliphatic carbocycles. The molecule has 0 amide bonds. The van der Waals surface area contributed by atoms with Crippen molar-refractivity contribution < 1.29 is 4.74 Å². The summed E-state index contributed by atoms with van der Waals surface area (Å²) in [5.74, 6) is 1.74. The number of para-hydroxylation sites is 1. The van der Waals surface area contributed by atoms with Gasteiger partial charge in [-0.05, 0) is 32.0 Å². The summed E-state index contributed by atoms with van der Waals surface area (Å²) >= 11 is 0. The standard InChI is InChI=1S/C17H28N4O.HI/c1-4-21-11-7-9-15(21)13-20-17(18-2)19-12-14-8-5-6-10-16(14)22-3;/h5-6,8,10,15H,4,7,9,11-13H2,1-3H3,(H2,18,19,20);1H. The van der Waals surface area contributed by atoms with E-state index in [1.165, 1.54) is 19.4 Å². The molecule has 1 saturated heterocycles. The Morgan fingerprint density at radius 2 is 2.13 bits per heavy atom. The highest BCUT2D eigenvalue weighted by atomic mass is 127. The second kappa shape index (κ2) is 10.7. The lowest BCUT2D eigenvalue weighted by Crippen LogP contribution is -2.44. The van der Waals surface area contributed by atoms with E-state index in [0.717, 1.165) is 30.4 Å². The van der Waals surface area contributed by atoms with Crippen LogP contribution < -0.4 is 15.4 Å². The van der Waals surface area contributed by atoms with Crippen LogP contribution in [0.1, 0.15) is 25.3 Å². The molecule has 1 atom stereocenters. The summed E-state index contributed by atoms with van der Waals surface area (Å²) in [6, 6.07) is 8.66. The molecule has 1 unspecified atom stereocenters. The Bertz CT molecular complexity index is 495. The first-order chi connectivity index (χ1) is 10.8. The van der Waals surface area contributed by atoms with Gasteiger partial charge in [-0.3, -0.25) is 9.89 Å². The average Bonchev–Trinajstić information content (AvgIpc) is 3.03. The smallest absolute Gasteiger partial charge is 0.191 e. The lowest BCUT2D eigenvalue weighted by atomic mass is 10.2. The topological polar surface area (TPSA) is 48.9 Å². The number of aliphatic imine (C=N–C) groups is 1. The van der Waals surface area contributed by atoms with Gasteiger partial charge in [-0.25, -0.2) is 0 Å². The zero-order valence-electron chi connectivity index (χ0n) is 14.3. The van der Waals surface area contributed by atoms with Gasteiger partial charge in [-0.1, -0.05) is 25.1 Å². The minimum Gasteiger partial charge on any atom is -0.496 e. The van der Waals surface area contributed by atoms with Crippen molar-refractivity contribution in [2.45, 2.75) is 32.4 Å². The normalized spacial score (nSPS) is 18.4. The highest BCUT2D eigenvalue weighted by Crippen LogP contribution is 2.17. The third kappa shape index (κ3) is 5.84. The third-order valence-electron chi connectivity index (χ3n) is 4.27. The van der Waals surface area contributed by atoms with Gasteiger partial charge in [0.25, 0.3) is 0 Å². The van der Waals surface area contributed by atoms with Crippen LogP contribution in [0.15, 0.2) is 29.3 Å². The molecule has 0 saturated carbocycles. The summed E-state index contributed by atoms with van der Waals surface area (Å²) < 4.78 is 5.37. The summed E-state index contributed by atoms with van der Waals surface area (Å²) in [6.45, 7) is 6.22. The van der Waals surface area contributed by atoms with Crippen molar-refractivity contribution in [3.63, 3.8) is 0 Å². The second-order valence-corrected chi connectivity index (χ2v) is 5.54. The maximum atomic E-state index is 5.37. The third-order valence-corrected chi connectivity index (χ3v) is 4.27. The van der Waals surface area contributed by atoms with Gasteiger partial charge >= 0.3 is 0 Å². The van der Waals surface area contributed by atoms with Crippen LogP contribution in [0.25, 0.3) is 0 Å². The van der Waals surface area contributed by atoms with E-state index >= 15 is 0 Å². The fourth-order valence-electron chi connectivity index (χ4n) is 3.01. The van der Waals surface area contributed by atoms with Crippen LogP contribution in [-0.2, 0) is 6.54 Å². The van der Waals surface area contributed by atoms with E-state index in [1.54, 1.807) is 7.11 Å². The summed E-state index contributed by atoms with van der Waals surface area (Å²) in [4.78, 5) is 6.83. The van der Waals surface area contributed by atoms with Crippen LogP contribution in [-0.4, -0.2) is 50.7 Å². The number of methoxy groups -OCH3 is 1. The molecule has 1 heterocycles. The van der Waals surface area contributed by atoms with Crippen LogP contribution in [0.2, 0.25) is 0 Å². The first-order valence-electron chi connectivity index (χ1n) is 8.09. The van der Waals surface area contributed by atoms with Crippen molar-refractivity contribution in [1.82, 2.24) is 15.5 Å². The molecule has 1 aliphatic heterocycles. The Kier molecular flexibility index (Phi) is 9.31. The molecule has 23 heavy (non-hydrogen) atoms. The molecule has 0 radical (unpaired) electrons. The lowest BCUT2D eigenvalue weighted by molar-refractivity contribution is 0.267. The van der Waals surface area contributed by atoms with Gasteiger partial charge in [0, 0.05) is 31.7 Å². The van der Waals surface area contributed by atoms with Gasteiger partial charge < -0.3 is 15.4 Å². The molecule has 2 rings (SSSR count). The van der Waals surface area contributed by atoms with Crippen molar-refractivity contribution in [3.05, 3.63) is 29.8 Å². The van der Waals surface area contributed by atoms with E-state index in [0.29, 0.717) is 12.6 Å². The Hall–Kier alpha value is -1.02. The van der Waals surface area contributed by atoms with Crippen LogP contribution in [0, 0.1) is 0 Å². The van der Waals surface area contributed by atoms with Crippen molar-refractivity contribution in [1.29, 1.82) is 0 Å². The number of nitrogens with zero attached hydrogens (tertiary/aromatic N) is 2. The van der Waals surface area contributed by atoms with E-state index < -0.39 is 0 Å². The zero-order chi connectivity index (χ0) is 15.8. The van der Waals surface area contributed by atoms with E-state index in [1.807, 2.05) is 25.2 Å². The average molecular weight is 432 g/mol. The molecule has 0 bridgehead atoms. The van der Waals surface area contributed by atoms with Crippen LogP contribution >= 0.6 is 24.0 Å². The highest BCUT2D eigenvalue weighted by molar-refractivity contribution is 14.0. The minimum atomic E-state index is 0. The maximum Gasteiger partial charge on any atom is 0.191 e. The molecule has 1 aliphatic rings. The largest absolute Gasteiger partial charge is 0.496 e. The fourth-order valence-corrected chi connectivity index (χ4v) is 3.01. The van der Waals surface area contributed by atoms with Gasteiger partial charge in [0.2, 0.25) is 0 Å². The first-order valence-corrected chi connectivity index (χ1v) is 8.09. The van der Waals surface area contributed by atoms with Crippen molar-refractivity contribution in [2.24, 2.45) is 4.99 Å². The maximum absolute atomic E-state index is 5.37. The van der Waals surface area contributed by atoms with Gasteiger partial charge in [0.1, 0.15) is 5.75 Å². The molecule has 1 fully saturated rings. The quantitative estimate of drug-likeness (QED) is 0.412. The summed E-state index contributed by atoms with van der Waals surface area (Å²) in [6.07, 6.45) is 2.57. The van der Waals surface area contributed by atoms with Crippen LogP contribution in [0.5, 0.6) is 5.75 Å². The number of nitrogens with one attached hydrogen (secondary N) is 2. The summed E-state index contributed by atoms with van der Waals surface area (Å²) in [5.41, 5.74) is 1.13. The molecule has 130 valence electrons. The number of benzene rings is 1. The number of guanidine groups is 1. The Labute approximate surface area is 156 Å². The van der Waals surface area contributed by atoms with Crippen LogP contribution in [0.3, 0.4) is 0 Å². The predicted octanol–water partition coefficient (Wildman–Crippen LogP) is 2.46. The van der Waals surface area contributed by atoms with Crippen molar-refractivity contribution in [2.75, 3.05) is 33.8 Å². The van der Waals surface area contributed by atoms with Gasteiger partial charge in [0.05, 0.1) is 7.11 Å². The second-order valence-electron chi connectivity index (χ2n) is 5.54. The molecule has 0 spiro atoms. The van der Waals surface area contributed by atoms with Crippen molar-refractivity contribution >= 4 is 29.9 Å². The Morgan fingerprint density at radius 1 is 1.35 bits per heavy atom. The number of hydrogen-bond donors (Lipinski definition) is 2. The van der Waals surface area contributed by atoms with E-state index in [2.05, 4.69) is 33.5 Å². The summed E-state index contributed by atoms with van der Waals surface area (Å²) in [7, 11) is 3.51. The number of likely N-dealkylation sites (N-methyl/N-ethyl adjacent to an activating group) is 1. The lowest BCUT2D eigenvalue weighted by Gasteiger charge is -2.24. The SMILES string of the molecule is CCN1CCCC1CNC(=NC)NCc1ccccc1OC.I. The number of hydrogen-bond acceptors (Lipinski definition) is 3. The van der Waals surface area contributed by atoms with Gasteiger partial charge in [-0.2, -0.15) is 0 Å².